The zero-order valence-electron chi connectivity index (χ0n) is 11.4. The van der Waals surface area contributed by atoms with E-state index in [1.165, 1.54) is 0 Å². The number of aromatic nitrogens is 2. The van der Waals surface area contributed by atoms with E-state index in [4.69, 9.17) is 0 Å². The Labute approximate surface area is 117 Å². The maximum Gasteiger partial charge on any atom is 0.253 e. The highest BCUT2D eigenvalue weighted by Crippen LogP contribution is 2.28. The van der Waals surface area contributed by atoms with Crippen LogP contribution in [0, 0.1) is 0 Å². The van der Waals surface area contributed by atoms with Crippen molar-refractivity contribution in [3.8, 4) is 11.1 Å². The molecule has 0 saturated heterocycles. The summed E-state index contributed by atoms with van der Waals surface area (Å²) in [4.78, 5) is 13.6. The van der Waals surface area contributed by atoms with Crippen LogP contribution < -0.4 is 0 Å². The van der Waals surface area contributed by atoms with Gasteiger partial charge in [-0.15, -0.1) is 0 Å². The molecule has 20 heavy (non-hydrogen) atoms. The van der Waals surface area contributed by atoms with Gasteiger partial charge in [0.1, 0.15) is 0 Å². The standard InChI is InChI=1S/C16H15N3O/c1-19(2)16(20)12-6-3-5-11(9-12)13-7-4-8-15-14(13)10-17-18-15/h3-10H,1-2H3,(H,17,18). The highest BCUT2D eigenvalue weighted by atomic mass is 16.2. The van der Waals surface area contributed by atoms with Gasteiger partial charge in [0.15, 0.2) is 0 Å². The van der Waals surface area contributed by atoms with E-state index in [0.717, 1.165) is 22.0 Å². The summed E-state index contributed by atoms with van der Waals surface area (Å²) in [7, 11) is 3.51. The van der Waals surface area contributed by atoms with E-state index in [1.807, 2.05) is 48.7 Å². The Morgan fingerprint density at radius 3 is 2.75 bits per heavy atom. The lowest BCUT2D eigenvalue weighted by Crippen LogP contribution is -2.21. The number of hydrogen-bond acceptors (Lipinski definition) is 2. The van der Waals surface area contributed by atoms with Gasteiger partial charge in [-0.25, -0.2) is 0 Å². The van der Waals surface area contributed by atoms with Crippen molar-refractivity contribution in [2.24, 2.45) is 0 Å². The molecule has 3 rings (SSSR count). The third-order valence-corrected chi connectivity index (χ3v) is 3.31. The molecule has 0 fully saturated rings. The number of H-pyrrole nitrogens is 1. The number of aromatic amines is 1. The zero-order valence-corrected chi connectivity index (χ0v) is 11.4. The minimum atomic E-state index is 0.00576. The van der Waals surface area contributed by atoms with Crippen LogP contribution in [0.4, 0.5) is 0 Å². The molecule has 3 aromatic rings. The molecule has 0 radical (unpaired) electrons. The summed E-state index contributed by atoms with van der Waals surface area (Å²) < 4.78 is 0. The van der Waals surface area contributed by atoms with Gasteiger partial charge in [-0.05, 0) is 29.3 Å². The molecule has 0 aliphatic rings. The third-order valence-electron chi connectivity index (χ3n) is 3.31. The van der Waals surface area contributed by atoms with E-state index in [1.54, 1.807) is 19.0 Å². The number of rotatable bonds is 2. The number of amides is 1. The molecule has 100 valence electrons. The van der Waals surface area contributed by atoms with Crippen LogP contribution in [0.1, 0.15) is 10.4 Å². The summed E-state index contributed by atoms with van der Waals surface area (Å²) in [6, 6.07) is 13.7. The fraction of sp³-hybridized carbons (Fsp3) is 0.125. The summed E-state index contributed by atoms with van der Waals surface area (Å²) in [5.41, 5.74) is 3.77. The molecule has 2 aromatic carbocycles. The first-order valence-corrected chi connectivity index (χ1v) is 6.41. The molecular weight excluding hydrogens is 250 g/mol. The maximum atomic E-state index is 12.0. The van der Waals surface area contributed by atoms with Crippen LogP contribution in [-0.4, -0.2) is 35.1 Å². The number of hydrogen-bond donors (Lipinski definition) is 1. The second kappa shape index (κ2) is 4.81. The Morgan fingerprint density at radius 2 is 1.95 bits per heavy atom. The average Bonchev–Trinajstić information content (AvgIpc) is 2.94. The third kappa shape index (κ3) is 2.05. The van der Waals surface area contributed by atoms with Crippen LogP contribution in [0.5, 0.6) is 0 Å². The van der Waals surface area contributed by atoms with Crippen molar-refractivity contribution in [3.63, 3.8) is 0 Å². The summed E-state index contributed by atoms with van der Waals surface area (Å²) in [6.45, 7) is 0. The molecule has 0 spiro atoms. The Bertz CT molecular complexity index is 774. The molecule has 1 amide bonds. The van der Waals surface area contributed by atoms with Crippen LogP contribution in [0.2, 0.25) is 0 Å². The smallest absolute Gasteiger partial charge is 0.253 e. The quantitative estimate of drug-likeness (QED) is 0.774. The second-order valence-corrected chi connectivity index (χ2v) is 4.92. The van der Waals surface area contributed by atoms with E-state index in [9.17, 15) is 4.79 Å². The average molecular weight is 265 g/mol. The normalized spacial score (nSPS) is 10.7. The van der Waals surface area contributed by atoms with Gasteiger partial charge in [-0.1, -0.05) is 24.3 Å². The van der Waals surface area contributed by atoms with Gasteiger partial charge in [0.05, 0.1) is 11.7 Å². The number of carbonyl (C=O) groups excluding carboxylic acids is 1. The molecule has 0 aliphatic carbocycles. The van der Waals surface area contributed by atoms with E-state index in [0.29, 0.717) is 5.56 Å². The molecule has 4 nitrogen and oxygen atoms in total. The van der Waals surface area contributed by atoms with Gasteiger partial charge in [0.25, 0.3) is 5.91 Å². The van der Waals surface area contributed by atoms with Crippen molar-refractivity contribution in [1.29, 1.82) is 0 Å². The van der Waals surface area contributed by atoms with E-state index >= 15 is 0 Å². The fourth-order valence-corrected chi connectivity index (χ4v) is 2.30. The summed E-state index contributed by atoms with van der Waals surface area (Å²) >= 11 is 0. The lowest BCUT2D eigenvalue weighted by atomic mass is 10.00. The largest absolute Gasteiger partial charge is 0.345 e. The van der Waals surface area contributed by atoms with Crippen molar-refractivity contribution in [3.05, 3.63) is 54.2 Å². The van der Waals surface area contributed by atoms with Gasteiger partial charge >= 0.3 is 0 Å². The molecule has 1 aromatic heterocycles. The van der Waals surface area contributed by atoms with Crippen molar-refractivity contribution >= 4 is 16.8 Å². The first-order chi connectivity index (χ1) is 9.66. The molecular formula is C16H15N3O. The Hall–Kier alpha value is -2.62. The molecule has 0 aliphatic heterocycles. The monoisotopic (exact) mass is 265 g/mol. The van der Waals surface area contributed by atoms with Gasteiger partial charge in [-0.2, -0.15) is 5.10 Å². The van der Waals surface area contributed by atoms with Gasteiger partial charge in [0, 0.05) is 25.0 Å². The Morgan fingerprint density at radius 1 is 1.15 bits per heavy atom. The molecule has 0 saturated carbocycles. The lowest BCUT2D eigenvalue weighted by Gasteiger charge is -2.11. The molecule has 0 bridgehead atoms. The highest BCUT2D eigenvalue weighted by molar-refractivity contribution is 5.98. The number of fused-ring (bicyclic) bond motifs is 1. The highest BCUT2D eigenvalue weighted by Gasteiger charge is 2.10. The fourth-order valence-electron chi connectivity index (χ4n) is 2.30. The van der Waals surface area contributed by atoms with Gasteiger partial charge in [-0.3, -0.25) is 9.89 Å². The number of nitrogens with zero attached hydrogens (tertiary/aromatic N) is 2. The van der Waals surface area contributed by atoms with Gasteiger partial charge < -0.3 is 4.90 Å². The second-order valence-electron chi connectivity index (χ2n) is 4.92. The zero-order chi connectivity index (χ0) is 14.1. The van der Waals surface area contributed by atoms with Crippen LogP contribution in [0.25, 0.3) is 22.0 Å². The molecule has 0 unspecified atom stereocenters. The van der Waals surface area contributed by atoms with Crippen LogP contribution in [0.15, 0.2) is 48.7 Å². The van der Waals surface area contributed by atoms with Crippen LogP contribution in [0.3, 0.4) is 0 Å². The SMILES string of the molecule is CN(C)C(=O)c1cccc(-c2cccc3[nH]ncc23)c1. The number of carbonyl (C=O) groups is 1. The van der Waals surface area contributed by atoms with E-state index < -0.39 is 0 Å². The van der Waals surface area contributed by atoms with Crippen molar-refractivity contribution in [2.75, 3.05) is 14.1 Å². The Balaban J connectivity index is 2.13. The minimum Gasteiger partial charge on any atom is -0.345 e. The molecule has 0 atom stereocenters. The summed E-state index contributed by atoms with van der Waals surface area (Å²) in [6.07, 6.45) is 1.81. The number of nitrogens with one attached hydrogen (secondary N) is 1. The van der Waals surface area contributed by atoms with E-state index in [2.05, 4.69) is 10.2 Å². The maximum absolute atomic E-state index is 12.0. The van der Waals surface area contributed by atoms with Crippen molar-refractivity contribution in [2.45, 2.75) is 0 Å². The molecule has 1 heterocycles. The predicted molar refractivity (Wildman–Crippen MR) is 79.5 cm³/mol. The molecule has 1 N–H and O–H groups in total. The van der Waals surface area contributed by atoms with Crippen molar-refractivity contribution in [1.82, 2.24) is 15.1 Å². The molecule has 4 heteroatoms. The van der Waals surface area contributed by atoms with Crippen LogP contribution in [-0.2, 0) is 0 Å². The first kappa shape index (κ1) is 12.4. The summed E-state index contributed by atoms with van der Waals surface area (Å²) in [5.74, 6) is 0.00576. The predicted octanol–water partition coefficient (Wildman–Crippen LogP) is 2.93. The topological polar surface area (TPSA) is 49.0 Å². The Kier molecular flexibility index (Phi) is 2.99. The summed E-state index contributed by atoms with van der Waals surface area (Å²) in [5, 5.41) is 8.09. The van der Waals surface area contributed by atoms with E-state index in [-0.39, 0.29) is 5.91 Å². The van der Waals surface area contributed by atoms with Crippen molar-refractivity contribution < 1.29 is 4.79 Å². The minimum absolute atomic E-state index is 0.00576. The van der Waals surface area contributed by atoms with Crippen LogP contribution >= 0.6 is 0 Å². The first-order valence-electron chi connectivity index (χ1n) is 6.41. The number of benzene rings is 2. The lowest BCUT2D eigenvalue weighted by molar-refractivity contribution is 0.0827. The van der Waals surface area contributed by atoms with Gasteiger partial charge in [0.2, 0.25) is 0 Å².